The van der Waals surface area contributed by atoms with Gasteiger partial charge in [-0.3, -0.25) is 9.48 Å². The molecule has 7 heteroatoms. The summed E-state index contributed by atoms with van der Waals surface area (Å²) in [5.74, 6) is 0.564. The lowest BCUT2D eigenvalue weighted by molar-refractivity contribution is 0.0985. The van der Waals surface area contributed by atoms with E-state index in [9.17, 15) is 4.79 Å². The molecule has 2 aromatic heterocycles. The number of carbonyl (C=O) groups excluding carboxylic acids is 1. The number of nitrogens with two attached hydrogens (primary N) is 1. The SMILES string of the molecule is CC(N)c1nc(C(=O)Cc2ncnn2C)cs1. The van der Waals surface area contributed by atoms with E-state index < -0.39 is 0 Å². The molecule has 0 amide bonds. The molecule has 0 saturated carbocycles. The van der Waals surface area contributed by atoms with Gasteiger partial charge in [0.15, 0.2) is 5.78 Å². The van der Waals surface area contributed by atoms with Gasteiger partial charge >= 0.3 is 0 Å². The maximum Gasteiger partial charge on any atom is 0.189 e. The summed E-state index contributed by atoms with van der Waals surface area (Å²) >= 11 is 1.40. The van der Waals surface area contributed by atoms with E-state index in [1.165, 1.54) is 17.7 Å². The van der Waals surface area contributed by atoms with Crippen LogP contribution in [0.2, 0.25) is 0 Å². The fraction of sp³-hybridized carbons (Fsp3) is 0.400. The number of rotatable bonds is 4. The topological polar surface area (TPSA) is 86.7 Å². The monoisotopic (exact) mass is 251 g/mol. The van der Waals surface area contributed by atoms with Crippen molar-refractivity contribution >= 4 is 17.1 Å². The summed E-state index contributed by atoms with van der Waals surface area (Å²) in [6.07, 6.45) is 1.63. The molecular weight excluding hydrogens is 238 g/mol. The highest BCUT2D eigenvalue weighted by Gasteiger charge is 2.15. The third-order valence-corrected chi connectivity index (χ3v) is 3.37. The van der Waals surface area contributed by atoms with E-state index in [1.807, 2.05) is 6.92 Å². The molecular formula is C10H13N5OS. The Morgan fingerprint density at radius 1 is 1.65 bits per heavy atom. The lowest BCUT2D eigenvalue weighted by Crippen LogP contribution is -2.10. The molecule has 0 aliphatic carbocycles. The smallest absolute Gasteiger partial charge is 0.189 e. The van der Waals surface area contributed by atoms with E-state index in [0.717, 1.165) is 5.01 Å². The number of ketones is 1. The summed E-state index contributed by atoms with van der Waals surface area (Å²) in [5, 5.41) is 6.42. The Labute approximate surface area is 103 Å². The summed E-state index contributed by atoms with van der Waals surface area (Å²) in [4.78, 5) is 20.1. The number of carbonyl (C=O) groups is 1. The Balaban J connectivity index is 2.12. The fourth-order valence-corrected chi connectivity index (χ4v) is 2.12. The minimum absolute atomic E-state index is 0.0655. The van der Waals surface area contributed by atoms with Gasteiger partial charge in [-0.15, -0.1) is 11.3 Å². The molecule has 0 aliphatic heterocycles. The second-order valence-electron chi connectivity index (χ2n) is 3.76. The number of Topliss-reactive ketones (excluding diaryl/α,β-unsaturated/α-hetero) is 1. The van der Waals surface area contributed by atoms with Crippen LogP contribution in [0.15, 0.2) is 11.7 Å². The van der Waals surface area contributed by atoms with Crippen molar-refractivity contribution in [3.05, 3.63) is 28.2 Å². The lowest BCUT2D eigenvalue weighted by Gasteiger charge is -1.98. The Kier molecular flexibility index (Phi) is 3.30. The van der Waals surface area contributed by atoms with Crippen molar-refractivity contribution in [3.8, 4) is 0 Å². The first kappa shape index (κ1) is 11.9. The molecule has 2 N–H and O–H groups in total. The summed E-state index contributed by atoms with van der Waals surface area (Å²) in [6, 6.07) is -0.142. The Morgan fingerprint density at radius 3 is 2.94 bits per heavy atom. The van der Waals surface area contributed by atoms with Gasteiger partial charge in [-0.2, -0.15) is 5.10 Å². The van der Waals surface area contributed by atoms with Gasteiger partial charge in [-0.1, -0.05) is 0 Å². The lowest BCUT2D eigenvalue weighted by atomic mass is 10.2. The Bertz CT molecular complexity index is 530. The summed E-state index contributed by atoms with van der Waals surface area (Å²) in [5.41, 5.74) is 6.15. The minimum Gasteiger partial charge on any atom is -0.322 e. The standard InChI is InChI=1S/C10H13N5OS/c1-6(11)10-14-7(4-17-10)8(16)3-9-12-5-13-15(9)2/h4-6H,3,11H2,1-2H3. The van der Waals surface area contributed by atoms with E-state index in [2.05, 4.69) is 15.1 Å². The largest absolute Gasteiger partial charge is 0.322 e. The number of aryl methyl sites for hydroxylation is 1. The van der Waals surface area contributed by atoms with Crippen LogP contribution in [0.1, 0.15) is 34.3 Å². The zero-order chi connectivity index (χ0) is 12.4. The molecule has 0 bridgehead atoms. The van der Waals surface area contributed by atoms with Gasteiger partial charge in [0.1, 0.15) is 22.9 Å². The van der Waals surface area contributed by atoms with Crippen LogP contribution in [0.4, 0.5) is 0 Å². The molecule has 0 radical (unpaired) electrons. The maximum atomic E-state index is 11.9. The average Bonchev–Trinajstić information content (AvgIpc) is 2.88. The van der Waals surface area contributed by atoms with Gasteiger partial charge in [0, 0.05) is 12.4 Å². The van der Waals surface area contributed by atoms with Crippen LogP contribution in [0.5, 0.6) is 0 Å². The molecule has 6 nitrogen and oxygen atoms in total. The van der Waals surface area contributed by atoms with Gasteiger partial charge in [-0.05, 0) is 6.92 Å². The number of thiazole rings is 1. The third-order valence-electron chi connectivity index (χ3n) is 2.32. The van der Waals surface area contributed by atoms with Crippen molar-refractivity contribution in [2.24, 2.45) is 12.8 Å². The van der Waals surface area contributed by atoms with Gasteiger partial charge in [0.2, 0.25) is 0 Å². The van der Waals surface area contributed by atoms with Crippen LogP contribution >= 0.6 is 11.3 Å². The second-order valence-corrected chi connectivity index (χ2v) is 4.65. The van der Waals surface area contributed by atoms with Gasteiger partial charge in [0.05, 0.1) is 12.5 Å². The number of aromatic nitrogens is 4. The van der Waals surface area contributed by atoms with Crippen molar-refractivity contribution in [2.45, 2.75) is 19.4 Å². The van der Waals surface area contributed by atoms with E-state index >= 15 is 0 Å². The van der Waals surface area contributed by atoms with Crippen LogP contribution in [0.3, 0.4) is 0 Å². The molecule has 17 heavy (non-hydrogen) atoms. The highest BCUT2D eigenvalue weighted by Crippen LogP contribution is 2.16. The zero-order valence-corrected chi connectivity index (χ0v) is 10.4. The zero-order valence-electron chi connectivity index (χ0n) is 9.62. The van der Waals surface area contributed by atoms with Crippen LogP contribution in [-0.2, 0) is 13.5 Å². The molecule has 2 heterocycles. The predicted molar refractivity (Wildman–Crippen MR) is 63.8 cm³/mol. The van der Waals surface area contributed by atoms with Crippen LogP contribution < -0.4 is 5.73 Å². The summed E-state index contributed by atoms with van der Waals surface area (Å²) in [6.45, 7) is 1.84. The molecule has 2 aromatic rings. The molecule has 0 fully saturated rings. The van der Waals surface area contributed by atoms with Crippen LogP contribution in [-0.4, -0.2) is 25.5 Å². The van der Waals surface area contributed by atoms with Gasteiger partial charge < -0.3 is 5.73 Å². The first-order valence-electron chi connectivity index (χ1n) is 5.15. The summed E-state index contributed by atoms with van der Waals surface area (Å²) < 4.78 is 1.58. The van der Waals surface area contributed by atoms with Gasteiger partial charge in [0.25, 0.3) is 0 Å². The highest BCUT2D eigenvalue weighted by atomic mass is 32.1. The Hall–Kier alpha value is -1.60. The molecule has 2 rings (SSSR count). The second kappa shape index (κ2) is 4.72. The first-order chi connectivity index (χ1) is 8.08. The average molecular weight is 251 g/mol. The van der Waals surface area contributed by atoms with E-state index in [4.69, 9.17) is 5.73 Å². The van der Waals surface area contributed by atoms with Crippen molar-refractivity contribution in [2.75, 3.05) is 0 Å². The quantitative estimate of drug-likeness (QED) is 0.809. The maximum absolute atomic E-state index is 11.9. The first-order valence-corrected chi connectivity index (χ1v) is 6.03. The molecule has 0 spiro atoms. The van der Waals surface area contributed by atoms with Crippen molar-refractivity contribution in [3.63, 3.8) is 0 Å². The fourth-order valence-electron chi connectivity index (χ4n) is 1.34. The molecule has 0 aliphatic rings. The third kappa shape index (κ3) is 2.56. The number of hydrogen-bond acceptors (Lipinski definition) is 6. The molecule has 1 unspecified atom stereocenters. The summed E-state index contributed by atoms with van der Waals surface area (Å²) in [7, 11) is 1.75. The normalized spacial score (nSPS) is 12.6. The van der Waals surface area contributed by atoms with Crippen molar-refractivity contribution < 1.29 is 4.79 Å². The highest BCUT2D eigenvalue weighted by molar-refractivity contribution is 7.09. The molecule has 1 atom stereocenters. The van der Waals surface area contributed by atoms with Crippen molar-refractivity contribution in [1.82, 2.24) is 19.7 Å². The van der Waals surface area contributed by atoms with Gasteiger partial charge in [-0.25, -0.2) is 9.97 Å². The van der Waals surface area contributed by atoms with Crippen LogP contribution in [0.25, 0.3) is 0 Å². The number of hydrogen-bond donors (Lipinski definition) is 1. The van der Waals surface area contributed by atoms with Crippen molar-refractivity contribution in [1.29, 1.82) is 0 Å². The van der Waals surface area contributed by atoms with E-state index in [-0.39, 0.29) is 18.2 Å². The number of nitrogens with zero attached hydrogens (tertiary/aromatic N) is 4. The van der Waals surface area contributed by atoms with Crippen LogP contribution in [0, 0.1) is 0 Å². The van der Waals surface area contributed by atoms with E-state index in [0.29, 0.717) is 11.5 Å². The minimum atomic E-state index is -0.142. The Morgan fingerprint density at radius 2 is 2.41 bits per heavy atom. The van der Waals surface area contributed by atoms with E-state index in [1.54, 1.807) is 17.1 Å². The predicted octanol–water partition coefficient (Wildman–Crippen LogP) is 0.717. The molecule has 0 aromatic carbocycles. The molecule has 90 valence electrons. The molecule has 0 saturated heterocycles.